The Bertz CT molecular complexity index is 241. The molecule has 1 amide bonds. The Morgan fingerprint density at radius 2 is 2.38 bits per heavy atom. The first-order chi connectivity index (χ1) is 7.48. The van der Waals surface area contributed by atoms with Gasteiger partial charge < -0.3 is 20.7 Å². The molecule has 1 fully saturated rings. The molecule has 3 N–H and O–H groups in total. The lowest BCUT2D eigenvalue weighted by atomic mass is 10.0. The maximum Gasteiger partial charge on any atom is 0.238 e. The van der Waals surface area contributed by atoms with Gasteiger partial charge in [-0.3, -0.25) is 4.79 Å². The van der Waals surface area contributed by atoms with E-state index in [-0.39, 0.29) is 5.91 Å². The topological polar surface area (TPSA) is 67.6 Å². The van der Waals surface area contributed by atoms with Crippen LogP contribution in [0.1, 0.15) is 19.8 Å². The molecular weight excluding hydrogens is 206 g/mol. The third kappa shape index (κ3) is 3.43. The van der Waals surface area contributed by atoms with Crippen molar-refractivity contribution in [2.45, 2.75) is 31.4 Å². The van der Waals surface area contributed by atoms with E-state index in [0.717, 1.165) is 26.0 Å². The molecule has 0 saturated carbocycles. The number of amides is 1. The standard InChI is InChI=1S/C11H23N3O2/c1-11(13-2,10(12)15)8-14(3)7-9-5-4-6-16-9/h9,13H,4-8H2,1-3H3,(H2,12,15). The molecule has 0 spiro atoms. The van der Waals surface area contributed by atoms with Gasteiger partial charge >= 0.3 is 0 Å². The van der Waals surface area contributed by atoms with E-state index < -0.39 is 5.54 Å². The van der Waals surface area contributed by atoms with Gasteiger partial charge in [-0.15, -0.1) is 0 Å². The van der Waals surface area contributed by atoms with Crippen molar-refractivity contribution in [1.29, 1.82) is 0 Å². The summed E-state index contributed by atoms with van der Waals surface area (Å²) in [6.45, 7) is 4.13. The Morgan fingerprint density at radius 1 is 1.69 bits per heavy atom. The number of ether oxygens (including phenoxy) is 1. The van der Waals surface area contributed by atoms with Crippen molar-refractivity contribution in [2.24, 2.45) is 5.73 Å². The molecule has 5 heteroatoms. The summed E-state index contributed by atoms with van der Waals surface area (Å²) in [5.74, 6) is -0.325. The molecule has 0 bridgehead atoms. The van der Waals surface area contributed by atoms with E-state index in [1.54, 1.807) is 7.05 Å². The first kappa shape index (κ1) is 13.4. The monoisotopic (exact) mass is 229 g/mol. The quantitative estimate of drug-likeness (QED) is 0.648. The molecule has 2 atom stereocenters. The molecule has 1 aliphatic rings. The van der Waals surface area contributed by atoms with Crippen LogP contribution in [0.25, 0.3) is 0 Å². The van der Waals surface area contributed by atoms with Gasteiger partial charge in [-0.2, -0.15) is 0 Å². The zero-order chi connectivity index (χ0) is 12.2. The Labute approximate surface area is 97.3 Å². The predicted molar refractivity (Wildman–Crippen MR) is 63.1 cm³/mol. The van der Waals surface area contributed by atoms with Crippen LogP contribution in [0.3, 0.4) is 0 Å². The van der Waals surface area contributed by atoms with Gasteiger partial charge in [0, 0.05) is 19.7 Å². The van der Waals surface area contributed by atoms with E-state index >= 15 is 0 Å². The number of carbonyl (C=O) groups excluding carboxylic acids is 1. The fraction of sp³-hybridized carbons (Fsp3) is 0.909. The Morgan fingerprint density at radius 3 is 2.81 bits per heavy atom. The number of hydrogen-bond acceptors (Lipinski definition) is 4. The number of rotatable bonds is 6. The normalized spacial score (nSPS) is 24.6. The third-order valence-electron chi connectivity index (χ3n) is 3.22. The van der Waals surface area contributed by atoms with Gasteiger partial charge in [-0.05, 0) is 33.9 Å². The summed E-state index contributed by atoms with van der Waals surface area (Å²) in [6.07, 6.45) is 2.55. The van der Waals surface area contributed by atoms with Crippen LogP contribution in [0.2, 0.25) is 0 Å². The van der Waals surface area contributed by atoms with Crippen molar-refractivity contribution in [3.05, 3.63) is 0 Å². The first-order valence-corrected chi connectivity index (χ1v) is 5.77. The van der Waals surface area contributed by atoms with E-state index in [1.165, 1.54) is 0 Å². The number of hydrogen-bond donors (Lipinski definition) is 2. The summed E-state index contributed by atoms with van der Waals surface area (Å²) in [6, 6.07) is 0. The van der Waals surface area contributed by atoms with Gasteiger partial charge in [-0.1, -0.05) is 0 Å². The largest absolute Gasteiger partial charge is 0.377 e. The molecule has 0 aromatic rings. The number of primary amides is 1. The summed E-state index contributed by atoms with van der Waals surface area (Å²) in [4.78, 5) is 13.4. The lowest BCUT2D eigenvalue weighted by molar-refractivity contribution is -0.124. The van der Waals surface area contributed by atoms with Crippen LogP contribution >= 0.6 is 0 Å². The van der Waals surface area contributed by atoms with Gasteiger partial charge in [0.15, 0.2) is 0 Å². The van der Waals surface area contributed by atoms with Crippen LogP contribution in [0.4, 0.5) is 0 Å². The highest BCUT2D eigenvalue weighted by molar-refractivity contribution is 5.84. The second-order valence-electron chi connectivity index (χ2n) is 4.78. The van der Waals surface area contributed by atoms with Crippen molar-refractivity contribution in [2.75, 3.05) is 33.8 Å². The van der Waals surface area contributed by atoms with Gasteiger partial charge in [0.25, 0.3) is 0 Å². The number of nitrogens with one attached hydrogen (secondary N) is 1. The number of carbonyl (C=O) groups is 1. The number of nitrogens with two attached hydrogens (primary N) is 1. The molecule has 1 aliphatic heterocycles. The maximum absolute atomic E-state index is 11.3. The minimum atomic E-state index is -0.673. The smallest absolute Gasteiger partial charge is 0.238 e. The second-order valence-corrected chi connectivity index (χ2v) is 4.78. The van der Waals surface area contributed by atoms with Crippen molar-refractivity contribution < 1.29 is 9.53 Å². The summed E-state index contributed by atoms with van der Waals surface area (Å²) in [5.41, 5.74) is 4.71. The summed E-state index contributed by atoms with van der Waals surface area (Å²) in [7, 11) is 3.74. The summed E-state index contributed by atoms with van der Waals surface area (Å²) >= 11 is 0. The minimum Gasteiger partial charge on any atom is -0.377 e. The van der Waals surface area contributed by atoms with E-state index in [1.807, 2.05) is 14.0 Å². The van der Waals surface area contributed by atoms with Crippen LogP contribution in [0, 0.1) is 0 Å². The van der Waals surface area contributed by atoms with Crippen LogP contribution in [0.15, 0.2) is 0 Å². The molecule has 0 aliphatic carbocycles. The third-order valence-corrected chi connectivity index (χ3v) is 3.22. The highest BCUT2D eigenvalue weighted by Gasteiger charge is 2.31. The average molecular weight is 229 g/mol. The molecule has 2 unspecified atom stereocenters. The molecule has 94 valence electrons. The molecule has 0 aromatic carbocycles. The fourth-order valence-electron chi connectivity index (χ4n) is 2.02. The van der Waals surface area contributed by atoms with Gasteiger partial charge in [-0.25, -0.2) is 0 Å². The lowest BCUT2D eigenvalue weighted by Crippen LogP contribution is -2.58. The average Bonchev–Trinajstić information content (AvgIpc) is 2.69. The molecule has 5 nitrogen and oxygen atoms in total. The second kappa shape index (κ2) is 5.61. The fourth-order valence-corrected chi connectivity index (χ4v) is 2.02. The van der Waals surface area contributed by atoms with Crippen molar-refractivity contribution in [3.8, 4) is 0 Å². The summed E-state index contributed by atoms with van der Waals surface area (Å²) in [5, 5.41) is 2.98. The highest BCUT2D eigenvalue weighted by Crippen LogP contribution is 2.14. The molecule has 1 saturated heterocycles. The number of likely N-dealkylation sites (N-methyl/N-ethyl adjacent to an activating group) is 2. The molecule has 0 aromatic heterocycles. The van der Waals surface area contributed by atoms with Crippen molar-refractivity contribution in [3.63, 3.8) is 0 Å². The van der Waals surface area contributed by atoms with Gasteiger partial charge in [0.2, 0.25) is 5.91 Å². The first-order valence-electron chi connectivity index (χ1n) is 5.77. The number of nitrogens with zero attached hydrogens (tertiary/aromatic N) is 1. The van der Waals surface area contributed by atoms with Crippen LogP contribution in [-0.2, 0) is 9.53 Å². The molecule has 1 heterocycles. The van der Waals surface area contributed by atoms with Crippen LogP contribution < -0.4 is 11.1 Å². The van der Waals surface area contributed by atoms with Crippen molar-refractivity contribution >= 4 is 5.91 Å². The van der Waals surface area contributed by atoms with Crippen LogP contribution in [0.5, 0.6) is 0 Å². The zero-order valence-corrected chi connectivity index (χ0v) is 10.5. The predicted octanol–water partition coefficient (Wildman–Crippen LogP) is -0.439. The maximum atomic E-state index is 11.3. The molecule has 16 heavy (non-hydrogen) atoms. The minimum absolute atomic E-state index is 0.305. The van der Waals surface area contributed by atoms with E-state index in [9.17, 15) is 4.79 Å². The van der Waals surface area contributed by atoms with Gasteiger partial charge in [0.05, 0.1) is 6.10 Å². The highest BCUT2D eigenvalue weighted by atomic mass is 16.5. The van der Waals surface area contributed by atoms with Crippen LogP contribution in [-0.4, -0.2) is 56.2 Å². The SMILES string of the molecule is CNC(C)(CN(C)CC1CCCO1)C(N)=O. The van der Waals surface area contributed by atoms with E-state index in [0.29, 0.717) is 12.6 Å². The van der Waals surface area contributed by atoms with E-state index in [2.05, 4.69) is 10.2 Å². The molecular formula is C11H23N3O2. The van der Waals surface area contributed by atoms with E-state index in [4.69, 9.17) is 10.5 Å². The Balaban J connectivity index is 2.42. The van der Waals surface area contributed by atoms with Gasteiger partial charge in [0.1, 0.15) is 5.54 Å². The van der Waals surface area contributed by atoms with Crippen molar-refractivity contribution in [1.82, 2.24) is 10.2 Å². The Kier molecular flexibility index (Phi) is 4.70. The Hall–Kier alpha value is -0.650. The molecule has 0 radical (unpaired) electrons. The molecule has 1 rings (SSSR count). The lowest BCUT2D eigenvalue weighted by Gasteiger charge is -2.31. The summed E-state index contributed by atoms with van der Waals surface area (Å²) < 4.78 is 5.55. The zero-order valence-electron chi connectivity index (χ0n) is 10.5.